The second-order valence-corrected chi connectivity index (χ2v) is 39.4. The molecule has 16 aromatic rings. The van der Waals surface area contributed by atoms with Gasteiger partial charge in [0, 0.05) is 127 Å². The minimum atomic E-state index is -2.08. The number of ketones is 1. The van der Waals surface area contributed by atoms with Gasteiger partial charge < -0.3 is 53.6 Å². The van der Waals surface area contributed by atoms with Gasteiger partial charge in [0.15, 0.2) is 28.4 Å². The summed E-state index contributed by atoms with van der Waals surface area (Å²) >= 11 is 10.9. The van der Waals surface area contributed by atoms with Crippen LogP contribution in [0.2, 0.25) is 0 Å². The summed E-state index contributed by atoms with van der Waals surface area (Å²) in [5, 5.41) is 75.1. The molecule has 4 unspecified atom stereocenters. The van der Waals surface area contributed by atoms with Gasteiger partial charge in [-0.1, -0.05) is 146 Å². The lowest BCUT2D eigenvalue weighted by atomic mass is 9.76. The Morgan fingerprint density at radius 3 is 0.956 bits per heavy atom. The van der Waals surface area contributed by atoms with Gasteiger partial charge in [0.05, 0.1) is 121 Å². The number of benzene rings is 4. The Bertz CT molecular complexity index is 7140. The molecule has 4 aromatic carbocycles. The number of carbonyl (C=O) groups is 3. The molecule has 14 N–H and O–H groups in total. The number of carbonyl (C=O) groups excluding carboxylic acids is 1. The van der Waals surface area contributed by atoms with E-state index in [2.05, 4.69) is 88.1 Å². The molecule has 29 nitrogen and oxygen atoms in total. The number of hydrogen-bond donors (Lipinski definition) is 10. The molecule has 6 aliphatic carbocycles. The van der Waals surface area contributed by atoms with Crippen molar-refractivity contribution in [3.63, 3.8) is 0 Å². The van der Waals surface area contributed by atoms with Gasteiger partial charge in [0.25, 0.3) is 0 Å². The molecule has 0 radical (unpaired) electrons. The number of nitrogens with two attached hydrogens (primary N) is 4. The van der Waals surface area contributed by atoms with E-state index in [9.17, 15) is 49.4 Å². The molecule has 6 saturated carbocycles. The van der Waals surface area contributed by atoms with Crippen LogP contribution < -0.4 is 22.9 Å². The predicted molar refractivity (Wildman–Crippen MR) is 532 cm³/mol. The Kier molecular flexibility index (Phi) is 26.4. The van der Waals surface area contributed by atoms with Crippen LogP contribution in [0.15, 0.2) is 233 Å². The smallest absolute Gasteiger partial charge is 0.342 e. The van der Waals surface area contributed by atoms with Crippen LogP contribution in [0.4, 0.5) is 27.7 Å². The summed E-state index contributed by atoms with van der Waals surface area (Å²) in [5.74, 6) is 0.228. The summed E-state index contributed by atoms with van der Waals surface area (Å²) in [6.07, 6.45) is 26.4. The molecular weight excluding hydrogens is 1930 g/mol. The summed E-state index contributed by atoms with van der Waals surface area (Å²) < 4.78 is 23.4. The van der Waals surface area contributed by atoms with Crippen molar-refractivity contribution >= 4 is 111 Å². The van der Waals surface area contributed by atoms with Crippen LogP contribution in [0.3, 0.4) is 0 Å². The molecule has 6 aliphatic rings. The number of pyridine rings is 4. The number of alkyl halides is 1. The third kappa shape index (κ3) is 18.1. The second-order valence-electron chi connectivity index (χ2n) is 37.1. The number of Topliss-reactive ketones (excluding diaryl/α,β-unsaturated/α-hetero) is 1. The minimum absolute atomic E-state index is 0.00159. The van der Waals surface area contributed by atoms with Gasteiger partial charge in [-0.15, -0.1) is 0 Å². The largest absolute Gasteiger partial charge is 0.481 e. The minimum Gasteiger partial charge on any atom is -0.481 e. The number of nitrogens with zero attached hydrogens (tertiary/aromatic N) is 16. The average molecular weight is 2030 g/mol. The summed E-state index contributed by atoms with van der Waals surface area (Å²) in [6, 6.07) is 56.1. The maximum absolute atomic E-state index is 14.7. The van der Waals surface area contributed by atoms with E-state index in [-0.39, 0.29) is 78.1 Å². The van der Waals surface area contributed by atoms with Crippen molar-refractivity contribution in [3.05, 3.63) is 261 Å². The Hall–Kier alpha value is -13.0. The molecule has 4 atom stereocenters. The van der Waals surface area contributed by atoms with Crippen LogP contribution in [0.1, 0.15) is 179 Å². The highest BCUT2D eigenvalue weighted by molar-refractivity contribution is 9.11. The van der Waals surface area contributed by atoms with E-state index in [1.54, 1.807) is 44.5 Å². The van der Waals surface area contributed by atoms with Crippen molar-refractivity contribution in [1.29, 1.82) is 0 Å². The quantitative estimate of drug-likeness (QED) is 0.0336. The Labute approximate surface area is 813 Å². The fourth-order valence-corrected chi connectivity index (χ4v) is 22.7. The van der Waals surface area contributed by atoms with E-state index in [1.165, 1.54) is 11.4 Å². The monoisotopic (exact) mass is 2030 g/mol. The summed E-state index contributed by atoms with van der Waals surface area (Å²) in [5.41, 5.74) is 44.2. The zero-order chi connectivity index (χ0) is 95.3. The molecule has 22 rings (SSSR count). The molecule has 137 heavy (non-hydrogen) atoms. The number of aliphatic hydroxyl groups excluding tert-OH is 4. The molecule has 12 aromatic heterocycles. The standard InChI is InChI=1S/C27H29N5O3.C26H23BrFN5O2.C26H24BrN5O2.C25H26BrN5O2/c1-16(34)24-25(19-9-7-18(8-10-19)23(35)15-33)31-27-21(14-30-32(27)26(24)28)20-11-12-22(29-13-20)17-5-3-2-4-6-17;27-20-21(16-8-10-25(11-9-16)14-26(25,28)24(34)35)32-23-18(13-31-33(23)22(20)29)17-6-7-19(30-12-17)15-4-2-1-3-5-15;27-21-22(16-8-10-26(11-9-16)12-19(26)25(33)34)31-24-18(14-30-32(24)23(21)28)17-6-7-20(29-13-17)15-4-2-1-3-5-15;26-22-23(17-8-6-16(7-9-17)21(33)14-32)30-25-19(13-29-31(25)24(22)27)18-10-11-20(28-12-18)15-4-2-1-3-5-15/h2-6,11-14,18-19,23,33,35H,7-10,15,28H2,1H3;1-7,12-13,16H,8-11,14,29H2,(H,34,35);1-7,13-14,16,19H,8-12,28H2,(H,33,34);1-5,10-13,16-17,21,32-33H,6-9,14,27H2. The van der Waals surface area contributed by atoms with Gasteiger partial charge in [-0.2, -0.15) is 38.5 Å². The summed E-state index contributed by atoms with van der Waals surface area (Å²) in [6.45, 7) is 1.08. The predicted octanol–water partition coefficient (Wildman–Crippen LogP) is 19.5. The van der Waals surface area contributed by atoms with E-state index in [4.69, 9.17) is 42.9 Å². The van der Waals surface area contributed by atoms with Gasteiger partial charge in [-0.25, -0.2) is 29.1 Å². The van der Waals surface area contributed by atoms with Gasteiger partial charge in [-0.3, -0.25) is 29.5 Å². The number of carboxylic acid groups (broad SMARTS) is 2. The first-order valence-electron chi connectivity index (χ1n) is 46.3. The molecule has 700 valence electrons. The number of hydrogen-bond acceptors (Lipinski definition) is 23. The molecular formula is C104H102Br3FN20O9. The van der Waals surface area contributed by atoms with Crippen molar-refractivity contribution < 1.29 is 49.4 Å². The molecule has 0 aliphatic heterocycles. The number of aliphatic hydroxyl groups is 4. The fraction of sp³-hybridized carbons (Fsp3) is 0.317. The van der Waals surface area contributed by atoms with E-state index in [0.29, 0.717) is 81.5 Å². The highest BCUT2D eigenvalue weighted by Gasteiger charge is 2.74. The van der Waals surface area contributed by atoms with E-state index in [1.807, 2.05) is 188 Å². The van der Waals surface area contributed by atoms with Crippen LogP contribution in [-0.2, 0) is 9.59 Å². The van der Waals surface area contributed by atoms with Crippen molar-refractivity contribution in [2.45, 2.75) is 164 Å². The lowest BCUT2D eigenvalue weighted by Crippen LogP contribution is -2.29. The van der Waals surface area contributed by atoms with Crippen LogP contribution in [0, 0.1) is 28.6 Å². The second kappa shape index (κ2) is 38.9. The summed E-state index contributed by atoms with van der Waals surface area (Å²) in [4.78, 5) is 73.9. The molecule has 12 heterocycles. The van der Waals surface area contributed by atoms with Crippen molar-refractivity contribution in [1.82, 2.24) is 78.3 Å². The van der Waals surface area contributed by atoms with Gasteiger partial charge in [0.2, 0.25) is 5.67 Å². The van der Waals surface area contributed by atoms with Crippen LogP contribution >= 0.6 is 47.8 Å². The third-order valence-corrected chi connectivity index (χ3v) is 31.6. The van der Waals surface area contributed by atoms with Crippen molar-refractivity contribution in [2.75, 3.05) is 36.1 Å². The Morgan fingerprint density at radius 2 is 0.686 bits per heavy atom. The first kappa shape index (κ1) is 93.0. The maximum atomic E-state index is 14.7. The number of rotatable bonds is 19. The SMILES string of the molecule is CC(=O)c1c(C2CCC(C(O)CO)CC2)nc2c(-c3ccc(-c4ccccc4)nc3)cnn2c1N.Nc1c(Br)c(C2CCC(C(O)CO)CC2)nc2c(-c3ccc(-c4ccccc4)nc3)cnn12.Nc1c(Br)c(C2CCC3(CC2)CC3(F)C(=O)O)nc2c(-c3ccc(-c4ccccc4)nc3)cnn12.Nc1c(Br)c(C2CCC3(CC2)CC3C(=O)O)nc2c(-c3ccc(-c4ccccc4)nc3)cnn12. The van der Waals surface area contributed by atoms with Crippen molar-refractivity contribution in [3.8, 4) is 89.5 Å². The normalized spacial score (nSPS) is 22.1. The number of nitrogen functional groups attached to an aromatic ring is 4. The Morgan fingerprint density at radius 1 is 0.394 bits per heavy atom. The zero-order valence-electron chi connectivity index (χ0n) is 75.0. The molecule has 0 bridgehead atoms. The number of anilines is 4. The lowest BCUT2D eigenvalue weighted by Gasteiger charge is -2.31. The van der Waals surface area contributed by atoms with E-state index >= 15 is 0 Å². The van der Waals surface area contributed by atoms with Crippen LogP contribution in [0.5, 0.6) is 0 Å². The average Bonchev–Trinajstić information content (AvgIpc) is 1.53. The highest BCUT2D eigenvalue weighted by atomic mass is 79.9. The first-order chi connectivity index (χ1) is 66.3. The Balaban J connectivity index is 0.000000117. The summed E-state index contributed by atoms with van der Waals surface area (Å²) in [7, 11) is 0. The molecule has 0 amide bonds. The molecule has 6 fully saturated rings. The van der Waals surface area contributed by atoms with Crippen LogP contribution in [0.25, 0.3) is 112 Å². The van der Waals surface area contributed by atoms with E-state index < -0.39 is 35.2 Å². The van der Waals surface area contributed by atoms with E-state index in [0.717, 1.165) is 199 Å². The topological polar surface area (TPSA) is 449 Å². The molecule has 33 heteroatoms. The lowest BCUT2D eigenvalue weighted by molar-refractivity contribution is -0.147. The van der Waals surface area contributed by atoms with Crippen LogP contribution in [-0.4, -0.2) is 158 Å². The molecule has 2 spiro atoms. The van der Waals surface area contributed by atoms with Gasteiger partial charge in [0.1, 0.15) is 23.3 Å². The number of aromatic nitrogens is 16. The van der Waals surface area contributed by atoms with Crippen molar-refractivity contribution in [2.24, 2.45) is 28.6 Å². The zero-order valence-corrected chi connectivity index (χ0v) is 79.8. The number of aliphatic carboxylic acids is 2. The highest BCUT2D eigenvalue weighted by Crippen LogP contribution is 2.68. The van der Waals surface area contributed by atoms with Gasteiger partial charge >= 0.3 is 11.9 Å². The first-order valence-corrected chi connectivity index (χ1v) is 48.7. The third-order valence-electron chi connectivity index (χ3n) is 29.2. The molecule has 0 saturated heterocycles. The number of halogens is 4. The maximum Gasteiger partial charge on any atom is 0.342 e. The number of fused-ring (bicyclic) bond motifs is 4. The fourth-order valence-electron chi connectivity index (χ4n) is 21.0. The van der Waals surface area contributed by atoms with Gasteiger partial charge in [-0.05, 0) is 205 Å². The number of carboxylic acids is 2.